The predicted octanol–water partition coefficient (Wildman–Crippen LogP) is 7.40. The lowest BCUT2D eigenvalue weighted by Crippen LogP contribution is -2.58. The molecular weight excluding hydrogens is 497 g/mol. The average Bonchev–Trinajstić information content (AvgIpc) is 2.73. The van der Waals surface area contributed by atoms with E-state index in [-0.39, 0.29) is 5.54 Å². The van der Waals surface area contributed by atoms with Crippen molar-refractivity contribution < 1.29 is 9.47 Å². The molecule has 166 valence electrons. The third-order valence-electron chi connectivity index (χ3n) is 7.43. The van der Waals surface area contributed by atoms with E-state index in [1.165, 1.54) is 38.5 Å². The zero-order valence-electron chi connectivity index (χ0n) is 17.7. The number of rotatable bonds is 7. The number of hydrogen-bond donors (Lipinski definition) is 1. The van der Waals surface area contributed by atoms with Crippen molar-refractivity contribution in [1.82, 2.24) is 5.32 Å². The van der Waals surface area contributed by atoms with E-state index >= 15 is 0 Å². The molecule has 4 fully saturated rings. The Bertz CT molecular complexity index is 945. The Balaban J connectivity index is 1.36. The van der Waals surface area contributed by atoms with Crippen molar-refractivity contribution in [3.63, 3.8) is 0 Å². The maximum Gasteiger partial charge on any atom is 0.167 e. The summed E-state index contributed by atoms with van der Waals surface area (Å²) in [6.45, 7) is 1.16. The highest BCUT2D eigenvalue weighted by atomic mass is 79.9. The Labute approximate surface area is 202 Å². The van der Waals surface area contributed by atoms with Crippen LogP contribution < -0.4 is 14.8 Å². The first-order chi connectivity index (χ1) is 14.9. The number of nitrogens with one attached hydrogen (secondary N) is 1. The van der Waals surface area contributed by atoms with Crippen LogP contribution in [-0.4, -0.2) is 12.6 Å². The van der Waals surface area contributed by atoms with Gasteiger partial charge < -0.3 is 14.8 Å². The minimum absolute atomic E-state index is 0.290. The van der Waals surface area contributed by atoms with Gasteiger partial charge in [-0.15, -0.1) is 0 Å². The van der Waals surface area contributed by atoms with Crippen molar-refractivity contribution in [2.75, 3.05) is 7.11 Å². The second-order valence-corrected chi connectivity index (χ2v) is 11.3. The Morgan fingerprint density at radius 3 is 2.29 bits per heavy atom. The van der Waals surface area contributed by atoms with Crippen LogP contribution in [0.15, 0.2) is 34.8 Å². The lowest BCUT2D eigenvalue weighted by atomic mass is 9.53. The van der Waals surface area contributed by atoms with Gasteiger partial charge in [0.25, 0.3) is 0 Å². The van der Waals surface area contributed by atoms with E-state index < -0.39 is 0 Å². The summed E-state index contributed by atoms with van der Waals surface area (Å²) in [5, 5.41) is 5.07. The fourth-order valence-electron chi connectivity index (χ4n) is 6.45. The van der Waals surface area contributed by atoms with Crippen molar-refractivity contribution >= 4 is 39.1 Å². The zero-order chi connectivity index (χ0) is 21.6. The van der Waals surface area contributed by atoms with Gasteiger partial charge in [0.05, 0.1) is 17.2 Å². The predicted molar refractivity (Wildman–Crippen MR) is 129 cm³/mol. The van der Waals surface area contributed by atoms with Gasteiger partial charge in [-0.1, -0.05) is 45.2 Å². The average molecular weight is 525 g/mol. The monoisotopic (exact) mass is 523 g/mol. The Hall–Kier alpha value is -0.940. The highest BCUT2D eigenvalue weighted by Crippen LogP contribution is 2.55. The molecule has 4 aliphatic rings. The first-order valence-corrected chi connectivity index (χ1v) is 12.7. The summed E-state index contributed by atoms with van der Waals surface area (Å²) in [5.41, 5.74) is 2.37. The highest BCUT2D eigenvalue weighted by Gasteiger charge is 2.50. The number of hydrogen-bond acceptors (Lipinski definition) is 3. The number of benzene rings is 2. The third-order valence-corrected chi connectivity index (χ3v) is 8.91. The van der Waals surface area contributed by atoms with Crippen LogP contribution in [0, 0.1) is 17.8 Å². The second-order valence-electron chi connectivity index (χ2n) is 9.65. The summed E-state index contributed by atoms with van der Waals surface area (Å²) < 4.78 is 13.0. The number of halogens is 3. The quantitative estimate of drug-likeness (QED) is 0.409. The summed E-state index contributed by atoms with van der Waals surface area (Å²) in [6.07, 6.45) is 8.30. The van der Waals surface area contributed by atoms with E-state index in [1.54, 1.807) is 13.2 Å². The molecule has 0 amide bonds. The van der Waals surface area contributed by atoms with Gasteiger partial charge in [0.15, 0.2) is 11.5 Å². The molecule has 0 atom stereocenters. The fourth-order valence-corrected chi connectivity index (χ4v) is 7.23. The SMILES string of the molecule is COc1ccc(Br)c(CNC23CC4CC(CC(C4)C2)C3)c1OCc1ccc(Cl)c(Cl)c1. The Morgan fingerprint density at radius 2 is 1.68 bits per heavy atom. The summed E-state index contributed by atoms with van der Waals surface area (Å²) in [6, 6.07) is 9.58. The Morgan fingerprint density at radius 1 is 1.00 bits per heavy atom. The molecule has 2 aromatic rings. The van der Waals surface area contributed by atoms with Crippen molar-refractivity contribution in [3.8, 4) is 11.5 Å². The maximum absolute atomic E-state index is 6.30. The van der Waals surface area contributed by atoms with Gasteiger partial charge in [0.1, 0.15) is 6.61 Å². The summed E-state index contributed by atoms with van der Waals surface area (Å²) in [5.74, 6) is 4.26. The van der Waals surface area contributed by atoms with Crippen LogP contribution in [0.3, 0.4) is 0 Å². The van der Waals surface area contributed by atoms with Crippen LogP contribution >= 0.6 is 39.1 Å². The smallest absolute Gasteiger partial charge is 0.167 e. The number of methoxy groups -OCH3 is 1. The van der Waals surface area contributed by atoms with Crippen LogP contribution in [0.2, 0.25) is 10.0 Å². The first-order valence-electron chi connectivity index (χ1n) is 11.1. The molecule has 0 radical (unpaired) electrons. The molecule has 0 heterocycles. The molecule has 0 unspecified atom stereocenters. The molecule has 4 bridgehead atoms. The third kappa shape index (κ3) is 4.46. The molecule has 31 heavy (non-hydrogen) atoms. The molecule has 3 nitrogen and oxygen atoms in total. The molecule has 6 rings (SSSR count). The van der Waals surface area contributed by atoms with Crippen molar-refractivity contribution in [2.45, 2.75) is 57.2 Å². The topological polar surface area (TPSA) is 30.5 Å². The minimum Gasteiger partial charge on any atom is -0.493 e. The zero-order valence-corrected chi connectivity index (χ0v) is 20.8. The van der Waals surface area contributed by atoms with Crippen molar-refractivity contribution in [2.24, 2.45) is 17.8 Å². The minimum atomic E-state index is 0.290. The standard InChI is InChI=1S/C25H28BrCl2NO2/c1-30-23-5-3-20(26)19(24(23)31-14-15-2-4-21(27)22(28)9-15)13-29-25-10-16-6-17(11-25)8-18(7-16)12-25/h2-5,9,16-18,29H,6-8,10-14H2,1H3. The van der Waals surface area contributed by atoms with Crippen LogP contribution in [0.4, 0.5) is 0 Å². The van der Waals surface area contributed by atoms with Gasteiger partial charge >= 0.3 is 0 Å². The molecule has 4 aliphatic carbocycles. The largest absolute Gasteiger partial charge is 0.493 e. The molecule has 2 aromatic carbocycles. The van der Waals surface area contributed by atoms with Crippen LogP contribution in [0.5, 0.6) is 11.5 Å². The summed E-state index contributed by atoms with van der Waals surface area (Å²) in [7, 11) is 1.69. The van der Waals surface area contributed by atoms with Gasteiger partial charge in [0.2, 0.25) is 0 Å². The molecule has 0 spiro atoms. The van der Waals surface area contributed by atoms with Gasteiger partial charge in [-0.25, -0.2) is 0 Å². The molecule has 0 aliphatic heterocycles. The van der Waals surface area contributed by atoms with E-state index in [0.29, 0.717) is 16.7 Å². The lowest BCUT2D eigenvalue weighted by molar-refractivity contribution is -0.0207. The number of ether oxygens (including phenoxy) is 2. The normalized spacial score (nSPS) is 28.7. The van der Waals surface area contributed by atoms with Crippen LogP contribution in [0.1, 0.15) is 49.7 Å². The molecule has 1 N–H and O–H groups in total. The molecule has 4 saturated carbocycles. The fraction of sp³-hybridized carbons (Fsp3) is 0.520. The van der Waals surface area contributed by atoms with Gasteiger partial charge in [0, 0.05) is 22.1 Å². The second kappa shape index (κ2) is 8.78. The van der Waals surface area contributed by atoms with E-state index in [0.717, 1.165) is 51.4 Å². The molecule has 0 saturated heterocycles. The van der Waals surface area contributed by atoms with E-state index in [1.807, 2.05) is 24.3 Å². The lowest BCUT2D eigenvalue weighted by Gasteiger charge is -2.57. The summed E-state index contributed by atoms with van der Waals surface area (Å²) >= 11 is 16.0. The maximum atomic E-state index is 6.30. The molecule has 0 aromatic heterocycles. The Kier molecular flexibility index (Phi) is 6.19. The summed E-state index contributed by atoms with van der Waals surface area (Å²) in [4.78, 5) is 0. The highest BCUT2D eigenvalue weighted by molar-refractivity contribution is 9.10. The first kappa shape index (κ1) is 21.9. The van der Waals surface area contributed by atoms with Crippen molar-refractivity contribution in [3.05, 3.63) is 56.0 Å². The molecular formula is C25H28BrCl2NO2. The van der Waals surface area contributed by atoms with E-state index in [4.69, 9.17) is 32.7 Å². The van der Waals surface area contributed by atoms with Gasteiger partial charge in [-0.05, 0) is 86.1 Å². The van der Waals surface area contributed by atoms with Gasteiger partial charge in [-0.3, -0.25) is 0 Å². The van der Waals surface area contributed by atoms with Gasteiger partial charge in [-0.2, -0.15) is 0 Å². The van der Waals surface area contributed by atoms with Crippen molar-refractivity contribution in [1.29, 1.82) is 0 Å². The van der Waals surface area contributed by atoms with Crippen LogP contribution in [0.25, 0.3) is 0 Å². The molecule has 6 heteroatoms. The van der Waals surface area contributed by atoms with E-state index in [2.05, 4.69) is 21.2 Å². The van der Waals surface area contributed by atoms with Crippen LogP contribution in [-0.2, 0) is 13.2 Å². The van der Waals surface area contributed by atoms with E-state index in [9.17, 15) is 0 Å².